The minimum atomic E-state index is -1.08. The lowest BCUT2D eigenvalue weighted by atomic mass is 10.2. The number of hydrogen-bond acceptors (Lipinski definition) is 4. The summed E-state index contributed by atoms with van der Waals surface area (Å²) in [5.74, 6) is -0.740. The Morgan fingerprint density at radius 3 is 2.86 bits per heavy atom. The Morgan fingerprint density at radius 2 is 2.10 bits per heavy atom. The van der Waals surface area contributed by atoms with E-state index in [0.717, 1.165) is 23.3 Å². The van der Waals surface area contributed by atoms with E-state index < -0.39 is 11.8 Å². The second-order valence-corrected chi connectivity index (χ2v) is 5.33. The quantitative estimate of drug-likeness (QED) is 0.739. The maximum absolute atomic E-state index is 13.7. The van der Waals surface area contributed by atoms with Gasteiger partial charge in [0.2, 0.25) is 5.89 Å². The Bertz CT molecular complexity index is 783. The van der Waals surface area contributed by atoms with Gasteiger partial charge >= 0.3 is 5.97 Å². The lowest BCUT2D eigenvalue weighted by molar-refractivity contribution is 0.0696. The van der Waals surface area contributed by atoms with Gasteiger partial charge in [-0.15, -0.1) is 11.8 Å². The van der Waals surface area contributed by atoms with Crippen LogP contribution in [-0.2, 0) is 5.75 Å². The number of aromatic carboxylic acids is 1. The standard InChI is InChI=1S/C15H10FNO3S/c16-10-6-5-9(15(18)19)7-13(10)21-8-14-17-11-3-1-2-4-12(11)20-14/h1-7H,8H2,(H,18,19). The van der Waals surface area contributed by atoms with Crippen LogP contribution in [0.1, 0.15) is 16.2 Å². The average Bonchev–Trinajstić information content (AvgIpc) is 2.89. The van der Waals surface area contributed by atoms with Gasteiger partial charge in [-0.2, -0.15) is 0 Å². The number of halogens is 1. The SMILES string of the molecule is O=C(O)c1ccc(F)c(SCc2nc3ccccc3o2)c1. The first kappa shape index (κ1) is 13.6. The topological polar surface area (TPSA) is 63.3 Å². The first-order chi connectivity index (χ1) is 10.1. The molecule has 0 saturated heterocycles. The van der Waals surface area contributed by atoms with E-state index in [2.05, 4.69) is 4.98 Å². The zero-order valence-electron chi connectivity index (χ0n) is 10.7. The van der Waals surface area contributed by atoms with Gasteiger partial charge in [0.05, 0.1) is 11.3 Å². The fourth-order valence-electron chi connectivity index (χ4n) is 1.87. The van der Waals surface area contributed by atoms with Gasteiger partial charge in [0.1, 0.15) is 11.3 Å². The van der Waals surface area contributed by atoms with Crippen LogP contribution in [0.3, 0.4) is 0 Å². The number of thioether (sulfide) groups is 1. The molecule has 1 aromatic heterocycles. The van der Waals surface area contributed by atoms with E-state index in [9.17, 15) is 9.18 Å². The summed E-state index contributed by atoms with van der Waals surface area (Å²) < 4.78 is 19.2. The van der Waals surface area contributed by atoms with E-state index >= 15 is 0 Å². The number of rotatable bonds is 4. The van der Waals surface area contributed by atoms with Crippen molar-refractivity contribution >= 4 is 28.8 Å². The van der Waals surface area contributed by atoms with Gasteiger partial charge in [-0.05, 0) is 30.3 Å². The van der Waals surface area contributed by atoms with Gasteiger partial charge < -0.3 is 9.52 Å². The number of fused-ring (bicyclic) bond motifs is 1. The molecule has 3 rings (SSSR count). The molecule has 1 heterocycles. The lowest BCUT2D eigenvalue weighted by Gasteiger charge is -2.02. The highest BCUT2D eigenvalue weighted by molar-refractivity contribution is 7.98. The molecule has 0 aliphatic rings. The van der Waals surface area contributed by atoms with Crippen molar-refractivity contribution in [1.82, 2.24) is 4.98 Å². The first-order valence-corrected chi connectivity index (χ1v) is 7.12. The maximum atomic E-state index is 13.7. The van der Waals surface area contributed by atoms with E-state index in [1.165, 1.54) is 12.1 Å². The highest BCUT2D eigenvalue weighted by Gasteiger charge is 2.11. The van der Waals surface area contributed by atoms with E-state index in [4.69, 9.17) is 9.52 Å². The second kappa shape index (κ2) is 5.57. The van der Waals surface area contributed by atoms with Crippen molar-refractivity contribution in [3.63, 3.8) is 0 Å². The largest absolute Gasteiger partial charge is 0.478 e. The van der Waals surface area contributed by atoms with Crippen LogP contribution >= 0.6 is 11.8 Å². The third kappa shape index (κ3) is 2.90. The number of benzene rings is 2. The van der Waals surface area contributed by atoms with E-state index in [1.54, 1.807) is 0 Å². The number of carboxylic acid groups (broad SMARTS) is 1. The van der Waals surface area contributed by atoms with E-state index in [1.807, 2.05) is 24.3 Å². The molecule has 0 saturated carbocycles. The lowest BCUT2D eigenvalue weighted by Crippen LogP contribution is -1.97. The summed E-state index contributed by atoms with van der Waals surface area (Å²) in [6.45, 7) is 0. The van der Waals surface area contributed by atoms with Crippen molar-refractivity contribution < 1.29 is 18.7 Å². The molecule has 4 nitrogen and oxygen atoms in total. The van der Waals surface area contributed by atoms with Crippen molar-refractivity contribution in [1.29, 1.82) is 0 Å². The van der Waals surface area contributed by atoms with E-state index in [-0.39, 0.29) is 10.5 Å². The van der Waals surface area contributed by atoms with Crippen LogP contribution in [0, 0.1) is 5.82 Å². The summed E-state index contributed by atoms with van der Waals surface area (Å²) in [4.78, 5) is 15.4. The number of nitrogens with zero attached hydrogens (tertiary/aromatic N) is 1. The summed E-state index contributed by atoms with van der Waals surface area (Å²) in [5, 5.41) is 8.92. The van der Waals surface area contributed by atoms with Crippen molar-refractivity contribution in [3.8, 4) is 0 Å². The molecule has 0 radical (unpaired) electrons. The van der Waals surface area contributed by atoms with Crippen LogP contribution < -0.4 is 0 Å². The highest BCUT2D eigenvalue weighted by Crippen LogP contribution is 2.27. The Balaban J connectivity index is 1.80. The molecule has 0 unspecified atom stereocenters. The molecule has 0 aliphatic carbocycles. The third-order valence-corrected chi connectivity index (χ3v) is 3.88. The summed E-state index contributed by atoms with van der Waals surface area (Å²) in [6, 6.07) is 11.0. The molecule has 6 heteroatoms. The number of carboxylic acids is 1. The van der Waals surface area contributed by atoms with Crippen molar-refractivity contribution in [2.45, 2.75) is 10.6 Å². The summed E-state index contributed by atoms with van der Waals surface area (Å²) >= 11 is 1.15. The van der Waals surface area contributed by atoms with Crippen LogP contribution in [0.4, 0.5) is 4.39 Å². The predicted octanol–water partition coefficient (Wildman–Crippen LogP) is 3.96. The number of oxazole rings is 1. The minimum absolute atomic E-state index is 0.0523. The molecule has 0 aliphatic heterocycles. The van der Waals surface area contributed by atoms with Crippen molar-refractivity contribution in [2.75, 3.05) is 0 Å². The molecule has 21 heavy (non-hydrogen) atoms. The molecular formula is C15H10FNO3S. The fraction of sp³-hybridized carbons (Fsp3) is 0.0667. The normalized spacial score (nSPS) is 10.9. The van der Waals surface area contributed by atoms with Crippen LogP contribution in [0.2, 0.25) is 0 Å². The average molecular weight is 303 g/mol. The molecule has 2 aromatic carbocycles. The van der Waals surface area contributed by atoms with Crippen molar-refractivity contribution in [3.05, 3.63) is 59.7 Å². The van der Waals surface area contributed by atoms with Crippen LogP contribution in [0.5, 0.6) is 0 Å². The summed E-state index contributed by atoms with van der Waals surface area (Å²) in [5.41, 5.74) is 1.47. The molecule has 1 N–H and O–H groups in total. The third-order valence-electron chi connectivity index (χ3n) is 2.87. The van der Waals surface area contributed by atoms with Crippen LogP contribution in [0.25, 0.3) is 11.1 Å². The Morgan fingerprint density at radius 1 is 1.29 bits per heavy atom. The van der Waals surface area contributed by atoms with Crippen LogP contribution in [-0.4, -0.2) is 16.1 Å². The fourth-order valence-corrected chi connectivity index (χ4v) is 2.69. The van der Waals surface area contributed by atoms with Gasteiger partial charge in [-0.1, -0.05) is 12.1 Å². The van der Waals surface area contributed by atoms with Gasteiger partial charge in [0.15, 0.2) is 5.58 Å². The predicted molar refractivity (Wildman–Crippen MR) is 76.9 cm³/mol. The van der Waals surface area contributed by atoms with Crippen LogP contribution in [0.15, 0.2) is 51.8 Å². The molecule has 0 amide bonds. The molecule has 0 fully saturated rings. The smallest absolute Gasteiger partial charge is 0.335 e. The monoisotopic (exact) mass is 303 g/mol. The molecular weight excluding hydrogens is 293 g/mol. The molecule has 0 spiro atoms. The summed E-state index contributed by atoms with van der Waals surface area (Å²) in [7, 11) is 0. The molecule has 0 bridgehead atoms. The molecule has 0 atom stereocenters. The minimum Gasteiger partial charge on any atom is -0.478 e. The Kier molecular flexibility index (Phi) is 3.62. The Labute approximate surface area is 123 Å². The molecule has 3 aromatic rings. The molecule has 106 valence electrons. The van der Waals surface area contributed by atoms with Gasteiger partial charge in [-0.3, -0.25) is 0 Å². The van der Waals surface area contributed by atoms with Crippen molar-refractivity contribution in [2.24, 2.45) is 0 Å². The number of aromatic nitrogens is 1. The summed E-state index contributed by atoms with van der Waals surface area (Å²) in [6.07, 6.45) is 0. The zero-order chi connectivity index (χ0) is 14.8. The van der Waals surface area contributed by atoms with Gasteiger partial charge in [0.25, 0.3) is 0 Å². The van der Waals surface area contributed by atoms with E-state index in [0.29, 0.717) is 17.2 Å². The Hall–Kier alpha value is -2.34. The highest BCUT2D eigenvalue weighted by atomic mass is 32.2. The first-order valence-electron chi connectivity index (χ1n) is 6.13. The number of para-hydroxylation sites is 2. The zero-order valence-corrected chi connectivity index (χ0v) is 11.6. The van der Waals surface area contributed by atoms with Gasteiger partial charge in [-0.25, -0.2) is 14.2 Å². The second-order valence-electron chi connectivity index (χ2n) is 4.31. The number of carbonyl (C=O) groups is 1. The van der Waals surface area contributed by atoms with Gasteiger partial charge in [0, 0.05) is 4.90 Å². The number of hydrogen-bond donors (Lipinski definition) is 1. The maximum Gasteiger partial charge on any atom is 0.335 e.